The predicted octanol–water partition coefficient (Wildman–Crippen LogP) is 5.94. The average Bonchev–Trinajstić information content (AvgIpc) is 2.81. The van der Waals surface area contributed by atoms with Crippen LogP contribution in [-0.4, -0.2) is 35.4 Å². The van der Waals surface area contributed by atoms with Gasteiger partial charge < -0.3 is 15.0 Å². The number of nitrogens with zero attached hydrogens (tertiary/aromatic N) is 1. The van der Waals surface area contributed by atoms with Gasteiger partial charge in [0.1, 0.15) is 11.8 Å². The maximum Gasteiger partial charge on any atom is 0.261 e. The lowest BCUT2D eigenvalue weighted by molar-refractivity contribution is -0.143. The van der Waals surface area contributed by atoms with Gasteiger partial charge in [-0.1, -0.05) is 61.5 Å². The first-order chi connectivity index (χ1) is 15.9. The highest BCUT2D eigenvalue weighted by Gasteiger charge is 2.30. The maximum absolute atomic E-state index is 13.3. The summed E-state index contributed by atoms with van der Waals surface area (Å²) in [4.78, 5) is 28.1. The van der Waals surface area contributed by atoms with Gasteiger partial charge in [-0.05, 0) is 67.6 Å². The third-order valence-electron chi connectivity index (χ3n) is 6.10. The van der Waals surface area contributed by atoms with Crippen LogP contribution in [0.2, 0.25) is 10.0 Å². The number of nitrogens with one attached hydrogen (secondary N) is 1. The molecule has 3 rings (SSSR count). The molecule has 0 aromatic heterocycles. The summed E-state index contributed by atoms with van der Waals surface area (Å²) in [5.41, 5.74) is 1.77. The zero-order valence-electron chi connectivity index (χ0n) is 19.3. The Bertz CT molecular complexity index is 943. The van der Waals surface area contributed by atoms with Crippen LogP contribution in [0.25, 0.3) is 0 Å². The molecule has 1 saturated carbocycles. The van der Waals surface area contributed by atoms with Crippen LogP contribution in [-0.2, 0) is 16.1 Å². The van der Waals surface area contributed by atoms with E-state index in [1.165, 1.54) is 6.42 Å². The first-order valence-electron chi connectivity index (χ1n) is 11.6. The van der Waals surface area contributed by atoms with Crippen LogP contribution in [0.1, 0.15) is 56.6 Å². The number of carbonyl (C=O) groups excluding carboxylic acids is 2. The number of rotatable bonds is 9. The van der Waals surface area contributed by atoms with E-state index in [-0.39, 0.29) is 24.5 Å². The Morgan fingerprint density at radius 2 is 1.79 bits per heavy atom. The summed E-state index contributed by atoms with van der Waals surface area (Å²) in [6.45, 7) is 3.95. The van der Waals surface area contributed by atoms with E-state index in [2.05, 4.69) is 5.32 Å². The Morgan fingerprint density at radius 3 is 2.42 bits per heavy atom. The number of benzene rings is 2. The predicted molar refractivity (Wildman–Crippen MR) is 133 cm³/mol. The number of hydrogen-bond donors (Lipinski definition) is 1. The van der Waals surface area contributed by atoms with Gasteiger partial charge in [0.05, 0.1) is 0 Å². The third-order valence-corrected chi connectivity index (χ3v) is 6.77. The van der Waals surface area contributed by atoms with E-state index >= 15 is 0 Å². The van der Waals surface area contributed by atoms with Crippen LogP contribution >= 0.6 is 23.2 Å². The molecule has 7 heteroatoms. The van der Waals surface area contributed by atoms with E-state index in [1.807, 2.05) is 26.0 Å². The molecule has 0 radical (unpaired) electrons. The molecule has 2 amide bonds. The van der Waals surface area contributed by atoms with Crippen molar-refractivity contribution in [3.8, 4) is 5.75 Å². The highest BCUT2D eigenvalue weighted by molar-refractivity contribution is 6.31. The van der Waals surface area contributed by atoms with Crippen molar-refractivity contribution in [1.29, 1.82) is 0 Å². The van der Waals surface area contributed by atoms with Gasteiger partial charge in [0.25, 0.3) is 5.91 Å². The first kappa shape index (κ1) is 25.4. The van der Waals surface area contributed by atoms with Crippen molar-refractivity contribution in [2.45, 2.75) is 71.0 Å². The molecule has 0 heterocycles. The van der Waals surface area contributed by atoms with Crippen molar-refractivity contribution < 1.29 is 14.3 Å². The van der Waals surface area contributed by atoms with E-state index in [0.29, 0.717) is 28.8 Å². The van der Waals surface area contributed by atoms with Gasteiger partial charge in [-0.2, -0.15) is 0 Å². The number of ether oxygens (including phenoxy) is 1. The molecule has 1 N–H and O–H groups in total. The highest BCUT2D eigenvalue weighted by Crippen LogP contribution is 2.22. The van der Waals surface area contributed by atoms with Crippen LogP contribution in [0.3, 0.4) is 0 Å². The van der Waals surface area contributed by atoms with Crippen molar-refractivity contribution in [3.05, 3.63) is 63.6 Å². The van der Waals surface area contributed by atoms with Gasteiger partial charge in [0.15, 0.2) is 6.61 Å². The molecule has 0 bridgehead atoms. The average molecular weight is 491 g/mol. The minimum Gasteiger partial charge on any atom is -0.484 e. The van der Waals surface area contributed by atoms with Gasteiger partial charge in [-0.3, -0.25) is 9.59 Å². The summed E-state index contributed by atoms with van der Waals surface area (Å²) >= 11 is 12.1. The van der Waals surface area contributed by atoms with E-state index in [4.69, 9.17) is 27.9 Å². The fourth-order valence-electron chi connectivity index (χ4n) is 4.19. The lowest BCUT2D eigenvalue weighted by Crippen LogP contribution is -2.52. The quantitative estimate of drug-likeness (QED) is 0.473. The first-order valence-corrected chi connectivity index (χ1v) is 12.4. The van der Waals surface area contributed by atoms with Crippen molar-refractivity contribution in [1.82, 2.24) is 10.2 Å². The zero-order valence-corrected chi connectivity index (χ0v) is 20.8. The molecule has 0 spiro atoms. The lowest BCUT2D eigenvalue weighted by atomic mass is 9.95. The van der Waals surface area contributed by atoms with E-state index in [9.17, 15) is 9.59 Å². The van der Waals surface area contributed by atoms with Gasteiger partial charge >= 0.3 is 0 Å². The second-order valence-corrected chi connectivity index (χ2v) is 9.46. The fraction of sp³-hybridized carbons (Fsp3) is 0.462. The standard InChI is InChI=1S/C26H32Cl2N2O3/c1-3-24(26(32)29-21-7-5-4-6-8-21)30(16-19-9-11-20(27)12-10-19)25(31)17-33-22-13-14-23(28)18(2)15-22/h9-15,21,24H,3-8,16-17H2,1-2H3,(H,29,32)/t24-/m1/s1. The number of hydrogen-bond acceptors (Lipinski definition) is 3. The molecule has 2 aromatic rings. The van der Waals surface area contributed by atoms with Crippen molar-refractivity contribution in [2.24, 2.45) is 0 Å². The fourth-order valence-corrected chi connectivity index (χ4v) is 4.43. The zero-order chi connectivity index (χ0) is 23.8. The second kappa shape index (κ2) is 12.3. The molecule has 1 fully saturated rings. The summed E-state index contributed by atoms with van der Waals surface area (Å²) in [5.74, 6) is 0.216. The van der Waals surface area contributed by atoms with Gasteiger partial charge in [0, 0.05) is 22.6 Å². The SMILES string of the molecule is CC[C@H](C(=O)NC1CCCCC1)N(Cc1ccc(Cl)cc1)C(=O)COc1ccc(Cl)c(C)c1. The summed E-state index contributed by atoms with van der Waals surface area (Å²) in [6.07, 6.45) is 5.97. The molecule has 2 aromatic carbocycles. The maximum atomic E-state index is 13.3. The number of aryl methyl sites for hydroxylation is 1. The van der Waals surface area contributed by atoms with Gasteiger partial charge in [-0.25, -0.2) is 0 Å². The number of halogens is 2. The molecular weight excluding hydrogens is 459 g/mol. The van der Waals surface area contributed by atoms with Crippen LogP contribution in [0.15, 0.2) is 42.5 Å². The molecule has 1 aliphatic rings. The van der Waals surface area contributed by atoms with Crippen LogP contribution in [0.5, 0.6) is 5.75 Å². The molecule has 33 heavy (non-hydrogen) atoms. The van der Waals surface area contributed by atoms with E-state index < -0.39 is 6.04 Å². The normalized spacial score (nSPS) is 15.0. The Hall–Kier alpha value is -2.24. The molecule has 0 unspecified atom stereocenters. The molecule has 178 valence electrons. The van der Waals surface area contributed by atoms with Crippen molar-refractivity contribution in [2.75, 3.05) is 6.61 Å². The summed E-state index contributed by atoms with van der Waals surface area (Å²) in [6, 6.07) is 12.2. The molecule has 5 nitrogen and oxygen atoms in total. The van der Waals surface area contributed by atoms with Crippen LogP contribution in [0.4, 0.5) is 0 Å². The molecule has 1 atom stereocenters. The van der Waals surface area contributed by atoms with E-state index in [0.717, 1.165) is 36.8 Å². The monoisotopic (exact) mass is 490 g/mol. The third kappa shape index (κ3) is 7.38. The smallest absolute Gasteiger partial charge is 0.261 e. The second-order valence-electron chi connectivity index (χ2n) is 8.62. The Balaban J connectivity index is 1.75. The summed E-state index contributed by atoms with van der Waals surface area (Å²) in [5, 5.41) is 4.45. The minimum atomic E-state index is -0.578. The largest absolute Gasteiger partial charge is 0.484 e. The van der Waals surface area contributed by atoms with Crippen LogP contribution in [0, 0.1) is 6.92 Å². The number of amides is 2. The van der Waals surface area contributed by atoms with E-state index in [1.54, 1.807) is 35.2 Å². The van der Waals surface area contributed by atoms with Gasteiger partial charge in [0.2, 0.25) is 5.91 Å². The van der Waals surface area contributed by atoms with Gasteiger partial charge in [-0.15, -0.1) is 0 Å². The summed E-state index contributed by atoms with van der Waals surface area (Å²) < 4.78 is 5.76. The molecule has 0 saturated heterocycles. The molecule has 0 aliphatic heterocycles. The van der Waals surface area contributed by atoms with Crippen molar-refractivity contribution >= 4 is 35.0 Å². The lowest BCUT2D eigenvalue weighted by Gasteiger charge is -2.32. The molecule has 1 aliphatic carbocycles. The summed E-state index contributed by atoms with van der Waals surface area (Å²) in [7, 11) is 0. The Morgan fingerprint density at radius 1 is 1.09 bits per heavy atom. The Labute approximate surface area is 206 Å². The number of carbonyl (C=O) groups is 2. The highest BCUT2D eigenvalue weighted by atomic mass is 35.5. The van der Waals surface area contributed by atoms with Crippen LogP contribution < -0.4 is 10.1 Å². The Kier molecular flexibility index (Phi) is 9.45. The molecular formula is C26H32Cl2N2O3. The topological polar surface area (TPSA) is 58.6 Å². The van der Waals surface area contributed by atoms with Crippen molar-refractivity contribution in [3.63, 3.8) is 0 Å². The minimum absolute atomic E-state index is 0.103.